The Labute approximate surface area is 170 Å². The SMILES string of the molecule is Cc1cc(NC(=O)c2cc3ccc(F)cc3nc2C)n(-c2ccc([N+](=O)[O-])cc2)n1. The van der Waals surface area contributed by atoms with Gasteiger partial charge in [-0.3, -0.25) is 19.9 Å². The lowest BCUT2D eigenvalue weighted by atomic mass is 10.1. The highest BCUT2D eigenvalue weighted by molar-refractivity contribution is 6.06. The van der Waals surface area contributed by atoms with E-state index in [9.17, 15) is 19.3 Å². The average molecular weight is 405 g/mol. The fraction of sp³-hybridized carbons (Fsp3) is 0.0952. The summed E-state index contributed by atoms with van der Waals surface area (Å²) in [6.45, 7) is 3.45. The molecule has 0 atom stereocenters. The molecule has 2 aromatic heterocycles. The number of anilines is 1. The normalized spacial score (nSPS) is 10.9. The zero-order valence-electron chi connectivity index (χ0n) is 16.1. The monoisotopic (exact) mass is 405 g/mol. The zero-order chi connectivity index (χ0) is 21.4. The second-order valence-electron chi connectivity index (χ2n) is 6.77. The van der Waals surface area contributed by atoms with Crippen LogP contribution >= 0.6 is 0 Å². The fourth-order valence-electron chi connectivity index (χ4n) is 3.15. The molecule has 150 valence electrons. The van der Waals surface area contributed by atoms with Gasteiger partial charge in [-0.1, -0.05) is 0 Å². The minimum atomic E-state index is -0.484. The van der Waals surface area contributed by atoms with Gasteiger partial charge in [0.2, 0.25) is 0 Å². The van der Waals surface area contributed by atoms with Crippen molar-refractivity contribution >= 4 is 28.3 Å². The number of pyridine rings is 1. The maximum atomic E-state index is 13.4. The van der Waals surface area contributed by atoms with Crippen LogP contribution in [-0.2, 0) is 0 Å². The Morgan fingerprint density at radius 2 is 1.83 bits per heavy atom. The Morgan fingerprint density at radius 3 is 2.53 bits per heavy atom. The van der Waals surface area contributed by atoms with E-state index < -0.39 is 16.6 Å². The predicted molar refractivity (Wildman–Crippen MR) is 109 cm³/mol. The average Bonchev–Trinajstić information content (AvgIpc) is 3.07. The first-order valence-electron chi connectivity index (χ1n) is 9.01. The number of nitrogens with one attached hydrogen (secondary N) is 1. The molecule has 2 aromatic carbocycles. The van der Waals surface area contributed by atoms with Crippen molar-refractivity contribution in [3.05, 3.63) is 87.5 Å². The third-order valence-corrected chi connectivity index (χ3v) is 4.59. The van der Waals surface area contributed by atoms with Crippen LogP contribution in [0.5, 0.6) is 0 Å². The quantitative estimate of drug-likeness (QED) is 0.402. The summed E-state index contributed by atoms with van der Waals surface area (Å²) in [6.07, 6.45) is 0. The highest BCUT2D eigenvalue weighted by Crippen LogP contribution is 2.22. The van der Waals surface area contributed by atoms with Crippen molar-refractivity contribution in [3.63, 3.8) is 0 Å². The lowest BCUT2D eigenvalue weighted by Crippen LogP contribution is -2.17. The first kappa shape index (κ1) is 19.2. The number of carbonyl (C=O) groups excluding carboxylic acids is 1. The number of nitro groups is 1. The maximum absolute atomic E-state index is 13.4. The molecule has 0 fully saturated rings. The molecule has 1 N–H and O–H groups in total. The summed E-state index contributed by atoms with van der Waals surface area (Å²) in [5.74, 6) is -0.381. The van der Waals surface area contributed by atoms with Gasteiger partial charge in [0, 0.05) is 29.7 Å². The number of hydrogen-bond donors (Lipinski definition) is 1. The summed E-state index contributed by atoms with van der Waals surface area (Å²) in [7, 11) is 0. The van der Waals surface area contributed by atoms with E-state index in [1.54, 1.807) is 44.2 Å². The molecular formula is C21H16FN5O3. The molecule has 30 heavy (non-hydrogen) atoms. The molecule has 9 heteroatoms. The van der Waals surface area contributed by atoms with Crippen molar-refractivity contribution in [2.45, 2.75) is 13.8 Å². The largest absolute Gasteiger partial charge is 0.306 e. The van der Waals surface area contributed by atoms with E-state index in [1.807, 2.05) is 0 Å². The van der Waals surface area contributed by atoms with Crippen LogP contribution in [0.15, 0.2) is 54.6 Å². The summed E-state index contributed by atoms with van der Waals surface area (Å²) in [4.78, 5) is 27.6. The molecule has 0 radical (unpaired) electrons. The Balaban J connectivity index is 1.67. The second kappa shape index (κ2) is 7.36. The molecule has 2 heterocycles. The van der Waals surface area contributed by atoms with E-state index in [2.05, 4.69) is 15.4 Å². The number of aryl methyl sites for hydroxylation is 2. The molecular weight excluding hydrogens is 389 g/mol. The topological polar surface area (TPSA) is 103 Å². The van der Waals surface area contributed by atoms with Crippen LogP contribution in [0.25, 0.3) is 16.6 Å². The molecule has 0 bridgehead atoms. The summed E-state index contributed by atoms with van der Waals surface area (Å²) < 4.78 is 14.9. The molecule has 1 amide bonds. The Hall–Kier alpha value is -4.14. The van der Waals surface area contributed by atoms with Crippen molar-refractivity contribution in [3.8, 4) is 5.69 Å². The highest BCUT2D eigenvalue weighted by Gasteiger charge is 2.16. The second-order valence-corrected chi connectivity index (χ2v) is 6.77. The Morgan fingerprint density at radius 1 is 1.10 bits per heavy atom. The van der Waals surface area contributed by atoms with Crippen LogP contribution in [-0.4, -0.2) is 25.6 Å². The standard InChI is InChI=1S/C21H16FN5O3/c1-12-9-20(26(25-12)16-5-7-17(8-6-16)27(29)30)24-21(28)18-10-14-3-4-15(22)11-19(14)23-13(18)2/h3-11H,1-2H3,(H,24,28). The van der Waals surface area contributed by atoms with Gasteiger partial charge in [-0.2, -0.15) is 5.10 Å². The lowest BCUT2D eigenvalue weighted by molar-refractivity contribution is -0.384. The molecule has 0 saturated carbocycles. The number of rotatable bonds is 4. The van der Waals surface area contributed by atoms with Crippen LogP contribution in [0.3, 0.4) is 0 Å². The first-order chi connectivity index (χ1) is 14.3. The number of amides is 1. The molecule has 8 nitrogen and oxygen atoms in total. The van der Waals surface area contributed by atoms with E-state index in [1.165, 1.54) is 28.9 Å². The first-order valence-corrected chi connectivity index (χ1v) is 9.01. The van der Waals surface area contributed by atoms with E-state index in [4.69, 9.17) is 0 Å². The molecule has 0 aliphatic rings. The number of benzene rings is 2. The number of non-ortho nitro benzene ring substituents is 1. The highest BCUT2D eigenvalue weighted by atomic mass is 19.1. The van der Waals surface area contributed by atoms with Gasteiger partial charge in [0.25, 0.3) is 11.6 Å². The minimum Gasteiger partial charge on any atom is -0.306 e. The van der Waals surface area contributed by atoms with Crippen LogP contribution in [0.1, 0.15) is 21.7 Å². The zero-order valence-corrected chi connectivity index (χ0v) is 16.1. The molecule has 0 saturated heterocycles. The Kier molecular flexibility index (Phi) is 4.71. The molecule has 0 unspecified atom stereocenters. The van der Waals surface area contributed by atoms with Gasteiger partial charge in [0.1, 0.15) is 11.6 Å². The van der Waals surface area contributed by atoms with E-state index in [0.717, 1.165) is 0 Å². The van der Waals surface area contributed by atoms with Gasteiger partial charge in [-0.25, -0.2) is 9.07 Å². The number of nitro benzene ring substituents is 1. The lowest BCUT2D eigenvalue weighted by Gasteiger charge is -2.11. The van der Waals surface area contributed by atoms with Gasteiger partial charge in [0.15, 0.2) is 0 Å². The minimum absolute atomic E-state index is 0.0393. The van der Waals surface area contributed by atoms with Crippen LogP contribution in [0.4, 0.5) is 15.9 Å². The predicted octanol–water partition coefficient (Wildman–Crippen LogP) is 4.34. The van der Waals surface area contributed by atoms with Crippen molar-refractivity contribution < 1.29 is 14.1 Å². The molecule has 0 aliphatic carbocycles. The Bertz CT molecular complexity index is 1300. The van der Waals surface area contributed by atoms with Crippen LogP contribution in [0.2, 0.25) is 0 Å². The van der Waals surface area contributed by atoms with Gasteiger partial charge in [-0.05, 0) is 44.2 Å². The summed E-state index contributed by atoms with van der Waals surface area (Å²) >= 11 is 0. The number of hydrogen-bond acceptors (Lipinski definition) is 5. The smallest absolute Gasteiger partial charge is 0.269 e. The number of carbonyl (C=O) groups is 1. The fourth-order valence-corrected chi connectivity index (χ4v) is 3.15. The van der Waals surface area contributed by atoms with Crippen molar-refractivity contribution in [2.24, 2.45) is 0 Å². The summed E-state index contributed by atoms with van der Waals surface area (Å²) in [6, 6.07) is 13.4. The molecule has 0 spiro atoms. The van der Waals surface area contributed by atoms with E-state index in [-0.39, 0.29) is 5.69 Å². The molecule has 4 rings (SSSR count). The molecule has 0 aliphatic heterocycles. The summed E-state index contributed by atoms with van der Waals surface area (Å²) in [5.41, 5.74) is 2.46. The van der Waals surface area contributed by atoms with E-state index in [0.29, 0.717) is 39.4 Å². The van der Waals surface area contributed by atoms with Gasteiger partial charge in [0.05, 0.1) is 33.1 Å². The summed E-state index contributed by atoms with van der Waals surface area (Å²) in [5, 5.41) is 18.7. The van der Waals surface area contributed by atoms with Gasteiger partial charge >= 0.3 is 0 Å². The van der Waals surface area contributed by atoms with E-state index >= 15 is 0 Å². The number of nitrogens with zero attached hydrogens (tertiary/aromatic N) is 4. The van der Waals surface area contributed by atoms with Crippen LogP contribution < -0.4 is 5.32 Å². The third kappa shape index (κ3) is 3.60. The number of aromatic nitrogens is 3. The van der Waals surface area contributed by atoms with Gasteiger partial charge < -0.3 is 5.32 Å². The van der Waals surface area contributed by atoms with Gasteiger partial charge in [-0.15, -0.1) is 0 Å². The van der Waals surface area contributed by atoms with Crippen molar-refractivity contribution in [2.75, 3.05) is 5.32 Å². The van der Waals surface area contributed by atoms with Crippen LogP contribution in [0, 0.1) is 29.8 Å². The maximum Gasteiger partial charge on any atom is 0.269 e. The number of fused-ring (bicyclic) bond motifs is 1. The molecule has 4 aromatic rings. The van der Waals surface area contributed by atoms with Crippen molar-refractivity contribution in [1.82, 2.24) is 14.8 Å². The number of halogens is 1. The van der Waals surface area contributed by atoms with Crippen molar-refractivity contribution in [1.29, 1.82) is 0 Å². The third-order valence-electron chi connectivity index (χ3n) is 4.59.